The Labute approximate surface area is 167 Å². The van der Waals surface area contributed by atoms with E-state index in [1.807, 2.05) is 24.3 Å². The van der Waals surface area contributed by atoms with Crippen molar-refractivity contribution in [3.05, 3.63) is 53.3 Å². The van der Waals surface area contributed by atoms with Gasteiger partial charge >= 0.3 is 5.97 Å². The van der Waals surface area contributed by atoms with Crippen molar-refractivity contribution in [1.29, 1.82) is 0 Å². The molecule has 2 aromatic carbocycles. The molecular formula is C19H20N2O7S. The maximum Gasteiger partial charge on any atom is 0.337 e. The minimum Gasteiger partial charge on any atom is -0.493 e. The first-order valence-corrected chi connectivity index (χ1v) is 10.0. The Bertz CT molecular complexity index is 1140. The summed E-state index contributed by atoms with van der Waals surface area (Å²) in [5.74, 6) is 0.873. The molecule has 0 bridgehead atoms. The summed E-state index contributed by atoms with van der Waals surface area (Å²) in [4.78, 5) is 18.7. The number of carboxylic acid groups (broad SMARTS) is 1. The molecule has 1 aromatic heterocycles. The van der Waals surface area contributed by atoms with E-state index >= 15 is 0 Å². The first-order chi connectivity index (χ1) is 13.6. The van der Waals surface area contributed by atoms with E-state index in [-0.39, 0.29) is 5.56 Å². The lowest BCUT2D eigenvalue weighted by Gasteiger charge is -2.07. The van der Waals surface area contributed by atoms with Crippen LogP contribution in [0.3, 0.4) is 0 Å². The molecular weight excluding hydrogens is 400 g/mol. The monoisotopic (exact) mass is 420 g/mol. The van der Waals surface area contributed by atoms with Crippen LogP contribution in [0.1, 0.15) is 21.7 Å². The minimum atomic E-state index is -3.67. The second-order valence-electron chi connectivity index (χ2n) is 5.81. The third-order valence-electron chi connectivity index (χ3n) is 3.60. The van der Waals surface area contributed by atoms with Crippen LogP contribution in [0.5, 0.6) is 11.5 Å². The normalized spacial score (nSPS) is 11.2. The highest BCUT2D eigenvalue weighted by Crippen LogP contribution is 2.28. The van der Waals surface area contributed by atoms with Crippen LogP contribution >= 0.6 is 0 Å². The Balaban J connectivity index is 0.000000537. The predicted molar refractivity (Wildman–Crippen MR) is 109 cm³/mol. The number of methoxy groups -OCH3 is 2. The number of hydrogen-bond acceptors (Lipinski definition) is 6. The molecule has 0 radical (unpaired) electrons. The zero-order chi connectivity index (χ0) is 21.6. The van der Waals surface area contributed by atoms with Crippen molar-refractivity contribution in [2.75, 3.05) is 20.5 Å². The lowest BCUT2D eigenvalue weighted by molar-refractivity contribution is 0.0699. The number of para-hydroxylation sites is 1. The summed E-state index contributed by atoms with van der Waals surface area (Å²) in [6.07, 6.45) is 4.36. The number of imidazole rings is 1. The molecule has 0 saturated heterocycles. The van der Waals surface area contributed by atoms with E-state index in [1.165, 1.54) is 6.07 Å². The molecule has 3 rings (SSSR count). The highest BCUT2D eigenvalue weighted by atomic mass is 32.2. The average molecular weight is 420 g/mol. The van der Waals surface area contributed by atoms with Crippen LogP contribution in [-0.4, -0.2) is 54.5 Å². The molecule has 0 amide bonds. The second-order valence-corrected chi connectivity index (χ2v) is 7.28. The van der Waals surface area contributed by atoms with Crippen molar-refractivity contribution in [3.63, 3.8) is 0 Å². The fourth-order valence-corrected chi connectivity index (χ4v) is 2.43. The summed E-state index contributed by atoms with van der Waals surface area (Å²) in [6, 6.07) is 10.6. The van der Waals surface area contributed by atoms with Crippen LogP contribution in [-0.2, 0) is 10.1 Å². The number of ether oxygens (including phenoxy) is 2. The molecule has 3 aromatic rings. The van der Waals surface area contributed by atoms with Crippen LogP contribution in [0, 0.1) is 0 Å². The van der Waals surface area contributed by atoms with Gasteiger partial charge in [0.1, 0.15) is 11.3 Å². The highest BCUT2D eigenvalue weighted by Gasteiger charge is 2.11. The lowest BCUT2D eigenvalue weighted by Crippen LogP contribution is -1.96. The first kappa shape index (κ1) is 21.9. The van der Waals surface area contributed by atoms with Crippen LogP contribution < -0.4 is 9.47 Å². The average Bonchev–Trinajstić information content (AvgIpc) is 3.07. The quantitative estimate of drug-likeness (QED) is 0.536. The third-order valence-corrected chi connectivity index (χ3v) is 3.60. The number of H-pyrrole nitrogens is 1. The molecule has 3 N–H and O–H groups in total. The Morgan fingerprint density at radius 2 is 1.76 bits per heavy atom. The fraction of sp³-hybridized carbons (Fsp3) is 0.158. The standard InChI is InChI=1S/C18H16N2O4.CH4O3S/c1-23-14-8-6-11(10-15(14)24-2)7-9-16-19-13-5-3-4-12(18(21)22)17(13)20-16;1-5(2,3)4/h3-10H,1-2H3,(H,19,20)(H,21,22);1H3,(H,2,3,4). The smallest absolute Gasteiger partial charge is 0.337 e. The Hall–Kier alpha value is -3.37. The molecule has 0 saturated carbocycles. The van der Waals surface area contributed by atoms with E-state index in [9.17, 15) is 18.3 Å². The van der Waals surface area contributed by atoms with E-state index in [2.05, 4.69) is 9.97 Å². The Morgan fingerprint density at radius 1 is 1.10 bits per heavy atom. The molecule has 0 spiro atoms. The number of nitrogens with zero attached hydrogens (tertiary/aromatic N) is 1. The van der Waals surface area contributed by atoms with Gasteiger partial charge in [0.05, 0.1) is 31.6 Å². The maximum atomic E-state index is 11.2. The SMILES string of the molecule is COc1ccc(C=Cc2nc3c(C(=O)O)cccc3[nH]2)cc1OC.CS(=O)(=O)O. The zero-order valence-electron chi connectivity index (χ0n) is 15.9. The molecule has 0 aliphatic heterocycles. The molecule has 10 heteroatoms. The van der Waals surface area contributed by atoms with Crippen molar-refractivity contribution in [1.82, 2.24) is 9.97 Å². The topological polar surface area (TPSA) is 139 Å². The number of fused-ring (bicyclic) bond motifs is 1. The molecule has 0 atom stereocenters. The van der Waals surface area contributed by atoms with Crippen molar-refractivity contribution in [2.45, 2.75) is 0 Å². The summed E-state index contributed by atoms with van der Waals surface area (Å²) in [5, 5.41) is 9.21. The molecule has 0 fully saturated rings. The minimum absolute atomic E-state index is 0.175. The predicted octanol–water partition coefficient (Wildman–Crippen LogP) is 2.95. The molecule has 0 aliphatic rings. The number of carbonyl (C=O) groups is 1. The number of benzene rings is 2. The number of aromatic nitrogens is 2. The van der Waals surface area contributed by atoms with Crippen LogP contribution in [0.25, 0.3) is 23.2 Å². The maximum absolute atomic E-state index is 11.2. The van der Waals surface area contributed by atoms with Crippen molar-refractivity contribution < 1.29 is 32.3 Å². The summed E-state index contributed by atoms with van der Waals surface area (Å²) in [7, 11) is -0.500. The van der Waals surface area contributed by atoms with Gasteiger partial charge in [-0.2, -0.15) is 8.42 Å². The van der Waals surface area contributed by atoms with E-state index in [0.29, 0.717) is 34.6 Å². The number of aromatic amines is 1. The van der Waals surface area contributed by atoms with Gasteiger partial charge in [0.15, 0.2) is 11.5 Å². The number of rotatable bonds is 5. The van der Waals surface area contributed by atoms with Crippen molar-refractivity contribution in [2.24, 2.45) is 0 Å². The van der Waals surface area contributed by atoms with Gasteiger partial charge in [0, 0.05) is 0 Å². The molecule has 0 unspecified atom stereocenters. The largest absolute Gasteiger partial charge is 0.493 e. The van der Waals surface area contributed by atoms with Gasteiger partial charge in [0.25, 0.3) is 10.1 Å². The molecule has 154 valence electrons. The van der Waals surface area contributed by atoms with Crippen LogP contribution in [0.2, 0.25) is 0 Å². The summed E-state index contributed by atoms with van der Waals surface area (Å²) in [5.41, 5.74) is 2.21. The third kappa shape index (κ3) is 6.33. The molecule has 0 aliphatic carbocycles. The van der Waals surface area contributed by atoms with Gasteiger partial charge in [-0.1, -0.05) is 18.2 Å². The number of nitrogens with one attached hydrogen (secondary N) is 1. The van der Waals surface area contributed by atoms with Gasteiger partial charge < -0.3 is 19.6 Å². The van der Waals surface area contributed by atoms with Crippen molar-refractivity contribution >= 4 is 39.3 Å². The van der Waals surface area contributed by atoms with E-state index in [0.717, 1.165) is 5.56 Å². The highest BCUT2D eigenvalue weighted by molar-refractivity contribution is 7.85. The van der Waals surface area contributed by atoms with Gasteiger partial charge in [0.2, 0.25) is 0 Å². The Kier molecular flexibility index (Phi) is 6.97. The van der Waals surface area contributed by atoms with Crippen molar-refractivity contribution in [3.8, 4) is 11.5 Å². The Morgan fingerprint density at radius 3 is 2.34 bits per heavy atom. The summed E-state index contributed by atoms with van der Waals surface area (Å²) >= 11 is 0. The van der Waals surface area contributed by atoms with Gasteiger partial charge in [-0.05, 0) is 35.9 Å². The van der Waals surface area contributed by atoms with Gasteiger partial charge in [-0.25, -0.2) is 9.78 Å². The first-order valence-electron chi connectivity index (χ1n) is 8.17. The molecule has 1 heterocycles. The zero-order valence-corrected chi connectivity index (χ0v) is 16.7. The lowest BCUT2D eigenvalue weighted by atomic mass is 10.2. The van der Waals surface area contributed by atoms with E-state index in [4.69, 9.17) is 14.0 Å². The molecule has 29 heavy (non-hydrogen) atoms. The molecule has 9 nitrogen and oxygen atoms in total. The van der Waals surface area contributed by atoms with Crippen LogP contribution in [0.4, 0.5) is 0 Å². The summed E-state index contributed by atoms with van der Waals surface area (Å²) in [6.45, 7) is 0. The van der Waals surface area contributed by atoms with E-state index in [1.54, 1.807) is 32.4 Å². The number of aromatic carboxylic acids is 1. The number of hydrogen-bond donors (Lipinski definition) is 3. The second kappa shape index (κ2) is 9.22. The van der Waals surface area contributed by atoms with E-state index < -0.39 is 16.1 Å². The summed E-state index contributed by atoms with van der Waals surface area (Å²) < 4.78 is 36.3. The van der Waals surface area contributed by atoms with Crippen LogP contribution in [0.15, 0.2) is 36.4 Å². The fourth-order valence-electron chi connectivity index (χ4n) is 2.43. The van der Waals surface area contributed by atoms with Gasteiger partial charge in [-0.3, -0.25) is 4.55 Å². The van der Waals surface area contributed by atoms with Gasteiger partial charge in [-0.15, -0.1) is 0 Å². The number of carboxylic acids is 1.